The van der Waals surface area contributed by atoms with Crippen LogP contribution in [0.1, 0.15) is 17.2 Å². The molecule has 8 heteroatoms. The maximum atomic E-state index is 13.3. The highest BCUT2D eigenvalue weighted by molar-refractivity contribution is 6.30. The first-order valence-electron chi connectivity index (χ1n) is 11.6. The normalized spacial score (nSPS) is 15.4. The Morgan fingerprint density at radius 2 is 1.40 bits per heavy atom. The van der Waals surface area contributed by atoms with E-state index in [2.05, 4.69) is 15.5 Å². The summed E-state index contributed by atoms with van der Waals surface area (Å²) >= 11 is 6.05. The molecule has 0 aliphatic carbocycles. The van der Waals surface area contributed by atoms with E-state index in [4.69, 9.17) is 11.6 Å². The van der Waals surface area contributed by atoms with E-state index in [0.29, 0.717) is 36.9 Å². The molecule has 35 heavy (non-hydrogen) atoms. The van der Waals surface area contributed by atoms with Gasteiger partial charge in [-0.2, -0.15) is 0 Å². The lowest BCUT2D eigenvalue weighted by molar-refractivity contribution is -0.124. The summed E-state index contributed by atoms with van der Waals surface area (Å²) in [5.41, 5.74) is 2.40. The molecule has 3 aromatic carbocycles. The summed E-state index contributed by atoms with van der Waals surface area (Å²) in [7, 11) is 0. The average molecular weight is 495 g/mol. The molecule has 0 spiro atoms. The van der Waals surface area contributed by atoms with Crippen LogP contribution in [0.4, 0.5) is 10.1 Å². The third-order valence-corrected chi connectivity index (χ3v) is 6.20. The highest BCUT2D eigenvalue weighted by Gasteiger charge is 2.23. The average Bonchev–Trinajstić information content (AvgIpc) is 2.85. The first kappa shape index (κ1) is 24.9. The molecule has 1 atom stereocenters. The van der Waals surface area contributed by atoms with Gasteiger partial charge in [-0.25, -0.2) is 4.39 Å². The maximum Gasteiger partial charge on any atom is 0.238 e. The Bertz CT molecular complexity index is 1140. The minimum atomic E-state index is -0.389. The topological polar surface area (TPSA) is 64.7 Å². The zero-order valence-corrected chi connectivity index (χ0v) is 20.0. The van der Waals surface area contributed by atoms with E-state index in [9.17, 15) is 14.0 Å². The first-order chi connectivity index (χ1) is 17.0. The van der Waals surface area contributed by atoms with Crippen LogP contribution in [0, 0.1) is 5.82 Å². The van der Waals surface area contributed by atoms with Crippen molar-refractivity contribution in [3.63, 3.8) is 0 Å². The zero-order valence-electron chi connectivity index (χ0n) is 19.3. The molecule has 1 heterocycles. The number of carbonyl (C=O) groups is 2. The Kier molecular flexibility index (Phi) is 8.47. The summed E-state index contributed by atoms with van der Waals surface area (Å²) in [5, 5.41) is 6.53. The van der Waals surface area contributed by atoms with Crippen molar-refractivity contribution in [2.75, 3.05) is 44.6 Å². The quantitative estimate of drug-likeness (QED) is 0.498. The van der Waals surface area contributed by atoms with Gasteiger partial charge in [0, 0.05) is 36.9 Å². The number of hydrogen-bond acceptors (Lipinski definition) is 4. The van der Waals surface area contributed by atoms with Gasteiger partial charge in [0.15, 0.2) is 0 Å². The Balaban J connectivity index is 1.27. The molecule has 4 rings (SSSR count). The van der Waals surface area contributed by atoms with E-state index < -0.39 is 0 Å². The number of nitrogens with zero attached hydrogens (tertiary/aromatic N) is 2. The molecule has 0 bridgehead atoms. The molecule has 1 aliphatic heterocycles. The van der Waals surface area contributed by atoms with Crippen molar-refractivity contribution >= 4 is 29.1 Å². The molecule has 1 saturated heterocycles. The smallest absolute Gasteiger partial charge is 0.238 e. The van der Waals surface area contributed by atoms with Crippen LogP contribution in [0.3, 0.4) is 0 Å². The molecule has 0 radical (unpaired) electrons. The Hall–Kier alpha value is -3.26. The number of anilines is 1. The molecule has 0 saturated carbocycles. The highest BCUT2D eigenvalue weighted by atomic mass is 35.5. The zero-order chi connectivity index (χ0) is 24.6. The second-order valence-corrected chi connectivity index (χ2v) is 9.01. The molecule has 1 aliphatic rings. The van der Waals surface area contributed by atoms with Gasteiger partial charge in [-0.1, -0.05) is 60.1 Å². The maximum absolute atomic E-state index is 13.3. The van der Waals surface area contributed by atoms with Gasteiger partial charge < -0.3 is 10.6 Å². The lowest BCUT2D eigenvalue weighted by atomic mass is 9.98. The summed E-state index contributed by atoms with van der Waals surface area (Å²) in [6.07, 6.45) is 0. The molecule has 6 nitrogen and oxygen atoms in total. The van der Waals surface area contributed by atoms with Crippen LogP contribution in [0.25, 0.3) is 0 Å². The van der Waals surface area contributed by atoms with Gasteiger partial charge in [-0.3, -0.25) is 19.4 Å². The number of amides is 2. The van der Waals surface area contributed by atoms with Crippen LogP contribution in [0.15, 0.2) is 78.9 Å². The van der Waals surface area contributed by atoms with E-state index in [1.807, 2.05) is 59.5 Å². The van der Waals surface area contributed by atoms with E-state index in [1.165, 1.54) is 12.1 Å². The van der Waals surface area contributed by atoms with Gasteiger partial charge in [0.05, 0.1) is 19.1 Å². The van der Waals surface area contributed by atoms with Gasteiger partial charge in [0.1, 0.15) is 5.82 Å². The van der Waals surface area contributed by atoms with Crippen LogP contribution < -0.4 is 10.6 Å². The lowest BCUT2D eigenvalue weighted by Gasteiger charge is -2.34. The molecular weight excluding hydrogens is 467 g/mol. The van der Waals surface area contributed by atoms with Crippen molar-refractivity contribution in [1.29, 1.82) is 0 Å². The lowest BCUT2D eigenvalue weighted by Crippen LogP contribution is -2.51. The standard InChI is InChI=1S/C27H28ClFN4O2/c28-22-11-9-21(10-12-22)27(20-5-2-1-3-6-20)31-26(35)19-33-15-13-32(14-16-33)18-25(34)30-24-8-4-7-23(29)17-24/h1-12,17,27H,13-16,18-19H2,(H,30,34)(H,31,35)/t27-/m0/s1. The molecular formula is C27H28ClFN4O2. The van der Waals surface area contributed by atoms with Gasteiger partial charge >= 0.3 is 0 Å². The van der Waals surface area contributed by atoms with E-state index >= 15 is 0 Å². The molecule has 3 aromatic rings. The summed E-state index contributed by atoms with van der Waals surface area (Å²) in [6.45, 7) is 3.20. The van der Waals surface area contributed by atoms with Crippen molar-refractivity contribution < 1.29 is 14.0 Å². The van der Waals surface area contributed by atoms with Gasteiger partial charge in [0.2, 0.25) is 11.8 Å². The number of rotatable bonds is 8. The first-order valence-corrected chi connectivity index (χ1v) is 11.9. The van der Waals surface area contributed by atoms with Crippen LogP contribution in [0.5, 0.6) is 0 Å². The van der Waals surface area contributed by atoms with E-state index in [0.717, 1.165) is 11.1 Å². The van der Waals surface area contributed by atoms with Crippen molar-refractivity contribution in [1.82, 2.24) is 15.1 Å². The van der Waals surface area contributed by atoms with Crippen LogP contribution in [-0.4, -0.2) is 60.9 Å². The number of halogens is 2. The Morgan fingerprint density at radius 3 is 2.03 bits per heavy atom. The third kappa shape index (κ3) is 7.36. The summed E-state index contributed by atoms with van der Waals surface area (Å²) in [4.78, 5) is 29.4. The van der Waals surface area contributed by atoms with Gasteiger partial charge in [-0.05, 0) is 41.5 Å². The van der Waals surface area contributed by atoms with Crippen molar-refractivity contribution in [3.8, 4) is 0 Å². The van der Waals surface area contributed by atoms with Crippen molar-refractivity contribution in [3.05, 3.63) is 101 Å². The van der Waals surface area contributed by atoms with E-state index in [-0.39, 0.29) is 36.8 Å². The van der Waals surface area contributed by atoms with Crippen molar-refractivity contribution in [2.24, 2.45) is 0 Å². The van der Waals surface area contributed by atoms with Crippen molar-refractivity contribution in [2.45, 2.75) is 6.04 Å². The SMILES string of the molecule is O=C(CN1CCN(CC(=O)N[C@@H](c2ccccc2)c2ccc(Cl)cc2)CC1)Nc1cccc(F)c1. The number of benzene rings is 3. The third-order valence-electron chi connectivity index (χ3n) is 5.95. The minimum absolute atomic E-state index is 0.0638. The highest BCUT2D eigenvalue weighted by Crippen LogP contribution is 2.23. The minimum Gasteiger partial charge on any atom is -0.344 e. The van der Waals surface area contributed by atoms with Gasteiger partial charge in [-0.15, -0.1) is 0 Å². The summed E-state index contributed by atoms with van der Waals surface area (Å²) in [6, 6.07) is 22.9. The van der Waals surface area contributed by atoms with Crippen LogP contribution >= 0.6 is 11.6 Å². The predicted molar refractivity (Wildman–Crippen MR) is 136 cm³/mol. The number of hydrogen-bond donors (Lipinski definition) is 2. The second-order valence-electron chi connectivity index (χ2n) is 8.57. The number of carbonyl (C=O) groups excluding carboxylic acids is 2. The molecule has 182 valence electrons. The van der Waals surface area contributed by atoms with Gasteiger partial charge in [0.25, 0.3) is 0 Å². The monoisotopic (exact) mass is 494 g/mol. The fourth-order valence-corrected chi connectivity index (χ4v) is 4.27. The Morgan fingerprint density at radius 1 is 0.800 bits per heavy atom. The number of piperazine rings is 1. The molecule has 2 amide bonds. The van der Waals surface area contributed by atoms with Crippen LogP contribution in [-0.2, 0) is 9.59 Å². The summed E-state index contributed by atoms with van der Waals surface area (Å²) < 4.78 is 13.3. The molecule has 2 N–H and O–H groups in total. The fourth-order valence-electron chi connectivity index (χ4n) is 4.14. The largest absolute Gasteiger partial charge is 0.344 e. The summed E-state index contributed by atoms with van der Waals surface area (Å²) in [5.74, 6) is -0.637. The molecule has 0 unspecified atom stereocenters. The van der Waals surface area contributed by atoms with E-state index in [1.54, 1.807) is 12.1 Å². The Labute approximate surface area is 209 Å². The van der Waals surface area contributed by atoms with Crippen LogP contribution in [0.2, 0.25) is 5.02 Å². The molecule has 0 aromatic heterocycles. The second kappa shape index (κ2) is 11.9. The predicted octanol–water partition coefficient (Wildman–Crippen LogP) is 3.94. The fraction of sp³-hybridized carbons (Fsp3) is 0.259. The molecule has 1 fully saturated rings. The number of nitrogens with one attached hydrogen (secondary N) is 2.